The van der Waals surface area contributed by atoms with Gasteiger partial charge < -0.3 is 14.2 Å². The van der Waals surface area contributed by atoms with Gasteiger partial charge in [-0.1, -0.05) is 24.3 Å². The second kappa shape index (κ2) is 8.59. The van der Waals surface area contributed by atoms with Crippen LogP contribution in [-0.4, -0.2) is 19.8 Å². The third-order valence-corrected chi connectivity index (χ3v) is 4.29. The van der Waals surface area contributed by atoms with Gasteiger partial charge >= 0.3 is 0 Å². The van der Waals surface area contributed by atoms with Crippen molar-refractivity contribution in [2.45, 2.75) is 20.1 Å². The number of rotatable bonds is 5. The molecular formula is C21H21F3O3. The van der Waals surface area contributed by atoms with Gasteiger partial charge in [0.05, 0.1) is 19.8 Å². The van der Waals surface area contributed by atoms with Crippen LogP contribution in [0.15, 0.2) is 42.5 Å². The van der Waals surface area contributed by atoms with Crippen molar-refractivity contribution in [3.05, 3.63) is 65.5 Å². The van der Waals surface area contributed by atoms with Gasteiger partial charge in [-0.3, -0.25) is 0 Å². The average molecular weight is 378 g/mol. The van der Waals surface area contributed by atoms with E-state index in [9.17, 15) is 13.2 Å². The first-order valence-corrected chi connectivity index (χ1v) is 8.81. The molecule has 1 aliphatic heterocycles. The summed E-state index contributed by atoms with van der Waals surface area (Å²) in [5, 5.41) is 0. The van der Waals surface area contributed by atoms with Gasteiger partial charge in [-0.2, -0.15) is 4.39 Å². The van der Waals surface area contributed by atoms with Crippen LogP contribution in [0.2, 0.25) is 0 Å². The van der Waals surface area contributed by atoms with Crippen molar-refractivity contribution in [1.29, 1.82) is 0 Å². The third kappa shape index (κ3) is 4.17. The van der Waals surface area contributed by atoms with Crippen molar-refractivity contribution in [2.24, 2.45) is 5.92 Å². The Balaban J connectivity index is 1.83. The fourth-order valence-electron chi connectivity index (χ4n) is 3.00. The van der Waals surface area contributed by atoms with E-state index in [1.54, 1.807) is 13.0 Å². The maximum atomic E-state index is 14.6. The van der Waals surface area contributed by atoms with E-state index in [1.165, 1.54) is 24.3 Å². The van der Waals surface area contributed by atoms with Crippen LogP contribution in [0.4, 0.5) is 13.2 Å². The summed E-state index contributed by atoms with van der Waals surface area (Å²) in [6, 6.07) is 6.81. The largest absolute Gasteiger partial charge is 0.491 e. The molecule has 0 unspecified atom stereocenters. The topological polar surface area (TPSA) is 27.7 Å². The minimum atomic E-state index is -1.15. The molecule has 6 heteroatoms. The summed E-state index contributed by atoms with van der Waals surface area (Å²) >= 11 is 0. The van der Waals surface area contributed by atoms with Gasteiger partial charge in [-0.25, -0.2) is 8.78 Å². The lowest BCUT2D eigenvalue weighted by Gasteiger charge is -2.28. The summed E-state index contributed by atoms with van der Waals surface area (Å²) in [6.45, 7) is 4.73. The predicted molar refractivity (Wildman–Crippen MR) is 95.9 cm³/mol. The Bertz CT molecular complexity index is 828. The van der Waals surface area contributed by atoms with E-state index >= 15 is 0 Å². The van der Waals surface area contributed by atoms with E-state index in [-0.39, 0.29) is 29.4 Å². The molecule has 0 saturated carbocycles. The highest BCUT2D eigenvalue weighted by molar-refractivity contribution is 5.66. The van der Waals surface area contributed by atoms with Crippen LogP contribution in [0.3, 0.4) is 0 Å². The average Bonchev–Trinajstić information content (AvgIpc) is 2.67. The molecule has 3 nitrogen and oxygen atoms in total. The van der Waals surface area contributed by atoms with E-state index < -0.39 is 23.7 Å². The van der Waals surface area contributed by atoms with E-state index in [0.717, 1.165) is 0 Å². The van der Waals surface area contributed by atoms with E-state index in [1.807, 2.05) is 19.1 Å². The van der Waals surface area contributed by atoms with E-state index in [0.29, 0.717) is 18.8 Å². The van der Waals surface area contributed by atoms with Crippen molar-refractivity contribution in [3.8, 4) is 16.9 Å². The highest BCUT2D eigenvalue weighted by Gasteiger charge is 2.24. The normalized spacial score (nSPS) is 20.2. The van der Waals surface area contributed by atoms with E-state index in [2.05, 4.69) is 0 Å². The SMILES string of the molecule is CC=CC1COC(c2ccc(-c3ccc(OCC)c(F)c3F)c(F)c2)OC1. The molecule has 2 aromatic carbocycles. The van der Waals surface area contributed by atoms with Crippen LogP contribution in [0, 0.1) is 23.4 Å². The molecule has 0 aliphatic carbocycles. The Labute approximate surface area is 156 Å². The van der Waals surface area contributed by atoms with Crippen molar-refractivity contribution >= 4 is 0 Å². The number of hydrogen-bond acceptors (Lipinski definition) is 3. The second-order valence-electron chi connectivity index (χ2n) is 6.20. The molecule has 27 heavy (non-hydrogen) atoms. The molecule has 1 heterocycles. The minimum Gasteiger partial charge on any atom is -0.491 e. The molecule has 0 aromatic heterocycles. The number of benzene rings is 2. The van der Waals surface area contributed by atoms with Crippen molar-refractivity contribution in [3.63, 3.8) is 0 Å². The lowest BCUT2D eigenvalue weighted by molar-refractivity contribution is -0.197. The van der Waals surface area contributed by atoms with Crippen LogP contribution in [0.5, 0.6) is 5.75 Å². The van der Waals surface area contributed by atoms with Crippen LogP contribution in [-0.2, 0) is 9.47 Å². The van der Waals surface area contributed by atoms with Gasteiger partial charge in [0, 0.05) is 22.6 Å². The molecule has 0 N–H and O–H groups in total. The van der Waals surface area contributed by atoms with Crippen molar-refractivity contribution in [2.75, 3.05) is 19.8 Å². The second-order valence-corrected chi connectivity index (χ2v) is 6.20. The monoisotopic (exact) mass is 378 g/mol. The molecule has 3 rings (SSSR count). The molecule has 0 bridgehead atoms. The smallest absolute Gasteiger partial charge is 0.201 e. The van der Waals surface area contributed by atoms with Crippen molar-refractivity contribution in [1.82, 2.24) is 0 Å². The molecule has 1 saturated heterocycles. The molecule has 0 atom stereocenters. The Kier molecular flexibility index (Phi) is 6.19. The zero-order valence-corrected chi connectivity index (χ0v) is 15.2. The zero-order valence-electron chi connectivity index (χ0n) is 15.2. The van der Waals surface area contributed by atoms with Gasteiger partial charge in [0.15, 0.2) is 17.9 Å². The molecular weight excluding hydrogens is 357 g/mol. The van der Waals surface area contributed by atoms with Gasteiger partial charge in [-0.05, 0) is 32.0 Å². The Hall–Kier alpha value is -2.31. The van der Waals surface area contributed by atoms with Gasteiger partial charge in [0.25, 0.3) is 0 Å². The molecule has 144 valence electrons. The quantitative estimate of drug-likeness (QED) is 0.652. The number of hydrogen-bond donors (Lipinski definition) is 0. The highest BCUT2D eigenvalue weighted by Crippen LogP contribution is 2.34. The van der Waals surface area contributed by atoms with Crippen molar-refractivity contribution < 1.29 is 27.4 Å². The molecule has 1 fully saturated rings. The maximum absolute atomic E-state index is 14.6. The van der Waals surface area contributed by atoms with Gasteiger partial charge in [0.2, 0.25) is 5.82 Å². The number of allylic oxidation sites excluding steroid dienone is 1. The summed E-state index contributed by atoms with van der Waals surface area (Å²) in [7, 11) is 0. The number of halogens is 3. The summed E-state index contributed by atoms with van der Waals surface area (Å²) < 4.78 is 59.3. The first-order valence-electron chi connectivity index (χ1n) is 8.81. The highest BCUT2D eigenvalue weighted by atomic mass is 19.2. The first-order chi connectivity index (χ1) is 13.0. The van der Waals surface area contributed by atoms with Crippen LogP contribution < -0.4 is 4.74 Å². The first kappa shape index (κ1) is 19.5. The molecule has 0 radical (unpaired) electrons. The van der Waals surface area contributed by atoms with Crippen LogP contribution in [0.1, 0.15) is 25.7 Å². The molecule has 1 aliphatic rings. The van der Waals surface area contributed by atoms with E-state index in [4.69, 9.17) is 14.2 Å². The Morgan fingerprint density at radius 2 is 1.74 bits per heavy atom. The molecule has 0 spiro atoms. The minimum absolute atomic E-state index is 0.0409. The Morgan fingerprint density at radius 3 is 2.37 bits per heavy atom. The van der Waals surface area contributed by atoms with Gasteiger partial charge in [0.1, 0.15) is 5.82 Å². The lowest BCUT2D eigenvalue weighted by atomic mass is 10.0. The number of ether oxygens (including phenoxy) is 3. The summed E-state index contributed by atoms with van der Waals surface area (Å²) in [5.74, 6) is -3.00. The fourth-order valence-corrected chi connectivity index (χ4v) is 3.00. The zero-order chi connectivity index (χ0) is 19.4. The summed E-state index contributed by atoms with van der Waals surface area (Å²) in [6.07, 6.45) is 3.23. The van der Waals surface area contributed by atoms with Crippen LogP contribution >= 0.6 is 0 Å². The van der Waals surface area contributed by atoms with Gasteiger partial charge in [-0.15, -0.1) is 0 Å². The standard InChI is InChI=1S/C21H21F3O3/c1-3-5-13-11-26-21(27-12-13)14-6-7-15(17(22)10-14)16-8-9-18(25-4-2)20(24)19(16)23/h3,5-10,13,21H,4,11-12H2,1-2H3. The Morgan fingerprint density at radius 1 is 1.04 bits per heavy atom. The maximum Gasteiger partial charge on any atom is 0.201 e. The summed E-state index contributed by atoms with van der Waals surface area (Å²) in [4.78, 5) is 0. The lowest BCUT2D eigenvalue weighted by Crippen LogP contribution is -2.25. The molecule has 2 aromatic rings. The predicted octanol–water partition coefficient (Wildman–Crippen LogP) is 5.41. The fraction of sp³-hybridized carbons (Fsp3) is 0.333. The van der Waals surface area contributed by atoms with Crippen LogP contribution in [0.25, 0.3) is 11.1 Å². The summed E-state index contributed by atoms with van der Waals surface area (Å²) in [5.41, 5.74) is 0.279. The molecule has 0 amide bonds. The third-order valence-electron chi connectivity index (χ3n) is 4.29.